The van der Waals surface area contributed by atoms with Gasteiger partial charge >= 0.3 is 0 Å². The average Bonchev–Trinajstić information content (AvgIpc) is 2.72. The molecule has 0 N–H and O–H groups in total. The smallest absolute Gasteiger partial charge is 0.119 e. The van der Waals surface area contributed by atoms with E-state index in [1.54, 1.807) is 0 Å². The van der Waals surface area contributed by atoms with Crippen LogP contribution >= 0.6 is 0 Å². The summed E-state index contributed by atoms with van der Waals surface area (Å²) in [6, 6.07) is 27.1. The Balaban J connectivity index is 1.56. The molecule has 3 aromatic carbocycles. The highest BCUT2D eigenvalue weighted by molar-refractivity contribution is 5.79. The van der Waals surface area contributed by atoms with Crippen LogP contribution in [0.4, 0.5) is 0 Å². The Labute approximate surface area is 162 Å². The van der Waals surface area contributed by atoms with Crippen molar-refractivity contribution in [2.24, 2.45) is 4.99 Å². The Kier molecular flexibility index (Phi) is 6.43. The molecule has 0 aliphatic rings. The summed E-state index contributed by atoms with van der Waals surface area (Å²) in [6.45, 7) is 7.13. The van der Waals surface area contributed by atoms with Gasteiger partial charge in [-0.2, -0.15) is 0 Å². The summed E-state index contributed by atoms with van der Waals surface area (Å²) >= 11 is 0. The molecular weight excluding hydrogens is 330 g/mol. The van der Waals surface area contributed by atoms with Crippen LogP contribution in [-0.4, -0.2) is 6.21 Å². The number of rotatable bonds is 7. The minimum Gasteiger partial charge on any atom is -0.489 e. The van der Waals surface area contributed by atoms with Crippen molar-refractivity contribution >= 4 is 6.21 Å². The molecular formula is C25H27NO. The van der Waals surface area contributed by atoms with Crippen LogP contribution in [0.15, 0.2) is 83.9 Å². The molecule has 3 aromatic rings. The Bertz CT molecular complexity index is 849. The van der Waals surface area contributed by atoms with Crippen molar-refractivity contribution in [1.29, 1.82) is 0 Å². The highest BCUT2D eigenvalue weighted by atomic mass is 16.5. The van der Waals surface area contributed by atoms with Crippen LogP contribution in [0.2, 0.25) is 0 Å². The zero-order valence-corrected chi connectivity index (χ0v) is 16.3. The molecule has 138 valence electrons. The van der Waals surface area contributed by atoms with Crippen LogP contribution in [0.3, 0.4) is 0 Å². The number of ether oxygens (including phenoxy) is 1. The van der Waals surface area contributed by atoms with Crippen molar-refractivity contribution in [1.82, 2.24) is 0 Å². The third kappa shape index (κ3) is 5.55. The maximum atomic E-state index is 5.83. The molecule has 0 heterocycles. The van der Waals surface area contributed by atoms with E-state index in [1.807, 2.05) is 48.7 Å². The monoisotopic (exact) mass is 357 g/mol. The van der Waals surface area contributed by atoms with Gasteiger partial charge in [0.05, 0.1) is 6.04 Å². The van der Waals surface area contributed by atoms with Gasteiger partial charge in [0.15, 0.2) is 0 Å². The topological polar surface area (TPSA) is 21.6 Å². The number of benzene rings is 3. The molecule has 0 aliphatic carbocycles. The molecule has 0 aromatic heterocycles. The molecule has 0 saturated heterocycles. The standard InChI is InChI=1S/C25H27NO/c1-19(2)23-11-13-24(14-12-23)20(3)26-17-21-9-15-25(16-10-21)27-18-22-7-5-4-6-8-22/h4-17,19-20H,18H2,1-3H3/b26-17-. The predicted octanol–water partition coefficient (Wildman–Crippen LogP) is 6.57. The van der Waals surface area contributed by atoms with Crippen LogP contribution < -0.4 is 4.74 Å². The Morgan fingerprint density at radius 3 is 2.04 bits per heavy atom. The zero-order valence-electron chi connectivity index (χ0n) is 16.3. The fourth-order valence-corrected chi connectivity index (χ4v) is 2.83. The van der Waals surface area contributed by atoms with Gasteiger partial charge in [0.25, 0.3) is 0 Å². The molecule has 0 fully saturated rings. The summed E-state index contributed by atoms with van der Waals surface area (Å²) in [4.78, 5) is 4.70. The maximum Gasteiger partial charge on any atom is 0.119 e. The van der Waals surface area contributed by atoms with Gasteiger partial charge in [-0.05, 0) is 59.4 Å². The number of hydrogen-bond donors (Lipinski definition) is 0. The van der Waals surface area contributed by atoms with Crippen LogP contribution in [0.5, 0.6) is 5.75 Å². The highest BCUT2D eigenvalue weighted by Gasteiger charge is 2.04. The quantitative estimate of drug-likeness (QED) is 0.438. The fraction of sp³-hybridized carbons (Fsp3) is 0.240. The molecule has 2 nitrogen and oxygen atoms in total. The van der Waals surface area contributed by atoms with Gasteiger partial charge in [0.2, 0.25) is 0 Å². The summed E-state index contributed by atoms with van der Waals surface area (Å²) in [5.41, 5.74) is 4.84. The molecule has 0 saturated carbocycles. The van der Waals surface area contributed by atoms with E-state index in [0.717, 1.165) is 11.3 Å². The first kappa shape index (κ1) is 18.9. The first-order chi connectivity index (χ1) is 13.1. The van der Waals surface area contributed by atoms with Crippen LogP contribution in [0.25, 0.3) is 0 Å². The lowest BCUT2D eigenvalue weighted by Crippen LogP contribution is -1.95. The van der Waals surface area contributed by atoms with Gasteiger partial charge in [-0.3, -0.25) is 4.99 Å². The van der Waals surface area contributed by atoms with Gasteiger partial charge in [0.1, 0.15) is 12.4 Å². The molecule has 0 aliphatic heterocycles. The van der Waals surface area contributed by atoms with Crippen molar-refractivity contribution < 1.29 is 4.74 Å². The molecule has 1 unspecified atom stereocenters. The van der Waals surface area contributed by atoms with E-state index in [0.29, 0.717) is 12.5 Å². The second-order valence-electron chi connectivity index (χ2n) is 7.12. The van der Waals surface area contributed by atoms with E-state index < -0.39 is 0 Å². The minimum atomic E-state index is 0.139. The summed E-state index contributed by atoms with van der Waals surface area (Å²) in [5, 5.41) is 0. The van der Waals surface area contributed by atoms with E-state index in [4.69, 9.17) is 9.73 Å². The van der Waals surface area contributed by atoms with Crippen molar-refractivity contribution in [2.45, 2.75) is 39.3 Å². The normalized spacial score (nSPS) is 12.4. The number of hydrogen-bond acceptors (Lipinski definition) is 2. The lowest BCUT2D eigenvalue weighted by Gasteiger charge is -2.10. The van der Waals surface area contributed by atoms with E-state index in [-0.39, 0.29) is 6.04 Å². The van der Waals surface area contributed by atoms with Gasteiger partial charge in [-0.1, -0.05) is 68.4 Å². The second kappa shape index (κ2) is 9.18. The molecule has 0 amide bonds. The molecule has 0 bridgehead atoms. The number of nitrogens with zero attached hydrogens (tertiary/aromatic N) is 1. The summed E-state index contributed by atoms with van der Waals surface area (Å²) in [6.07, 6.45) is 1.93. The van der Waals surface area contributed by atoms with E-state index in [9.17, 15) is 0 Å². The molecule has 27 heavy (non-hydrogen) atoms. The number of aliphatic imine (C=N–C) groups is 1. The van der Waals surface area contributed by atoms with Crippen LogP contribution in [-0.2, 0) is 6.61 Å². The molecule has 3 rings (SSSR count). The largest absolute Gasteiger partial charge is 0.489 e. The molecule has 0 radical (unpaired) electrons. The Morgan fingerprint density at radius 2 is 1.41 bits per heavy atom. The second-order valence-corrected chi connectivity index (χ2v) is 7.12. The maximum absolute atomic E-state index is 5.83. The third-order valence-electron chi connectivity index (χ3n) is 4.66. The molecule has 2 heteroatoms. The van der Waals surface area contributed by atoms with Crippen LogP contribution in [0, 0.1) is 0 Å². The van der Waals surface area contributed by atoms with Crippen molar-refractivity contribution in [3.8, 4) is 5.75 Å². The summed E-state index contributed by atoms with van der Waals surface area (Å²) in [7, 11) is 0. The molecule has 1 atom stereocenters. The van der Waals surface area contributed by atoms with Crippen LogP contribution in [0.1, 0.15) is 55.0 Å². The lowest BCUT2D eigenvalue weighted by molar-refractivity contribution is 0.306. The SMILES string of the molecule is CC(C)c1ccc(C(C)/N=C\c2ccc(OCc3ccccc3)cc2)cc1. The third-order valence-corrected chi connectivity index (χ3v) is 4.66. The zero-order chi connectivity index (χ0) is 19.1. The summed E-state index contributed by atoms with van der Waals surface area (Å²) < 4.78 is 5.83. The van der Waals surface area contributed by atoms with Crippen molar-refractivity contribution in [2.75, 3.05) is 0 Å². The first-order valence-corrected chi connectivity index (χ1v) is 9.51. The van der Waals surface area contributed by atoms with Gasteiger partial charge in [-0.15, -0.1) is 0 Å². The average molecular weight is 357 g/mol. The first-order valence-electron chi connectivity index (χ1n) is 9.51. The van der Waals surface area contributed by atoms with E-state index in [2.05, 4.69) is 57.2 Å². The lowest BCUT2D eigenvalue weighted by atomic mass is 10.00. The summed E-state index contributed by atoms with van der Waals surface area (Å²) in [5.74, 6) is 1.42. The van der Waals surface area contributed by atoms with Gasteiger partial charge < -0.3 is 4.74 Å². The van der Waals surface area contributed by atoms with Crippen molar-refractivity contribution in [3.63, 3.8) is 0 Å². The van der Waals surface area contributed by atoms with E-state index >= 15 is 0 Å². The highest BCUT2D eigenvalue weighted by Crippen LogP contribution is 2.21. The Morgan fingerprint density at radius 1 is 0.778 bits per heavy atom. The fourth-order valence-electron chi connectivity index (χ4n) is 2.83. The van der Waals surface area contributed by atoms with Crippen molar-refractivity contribution in [3.05, 3.63) is 101 Å². The Hall–Kier alpha value is -2.87. The van der Waals surface area contributed by atoms with Gasteiger partial charge in [-0.25, -0.2) is 0 Å². The minimum absolute atomic E-state index is 0.139. The van der Waals surface area contributed by atoms with Gasteiger partial charge in [0, 0.05) is 6.21 Å². The van der Waals surface area contributed by atoms with E-state index in [1.165, 1.54) is 16.7 Å². The predicted molar refractivity (Wildman–Crippen MR) is 114 cm³/mol. The molecule has 0 spiro atoms.